The van der Waals surface area contributed by atoms with Crippen molar-refractivity contribution in [3.8, 4) is 11.4 Å². The molecule has 0 spiro atoms. The minimum absolute atomic E-state index is 0.0856. The fraction of sp³-hybridized carbons (Fsp3) is 0.350. The molecule has 0 aromatic carbocycles. The smallest absolute Gasteiger partial charge is 0.361 e. The summed E-state index contributed by atoms with van der Waals surface area (Å²) in [6, 6.07) is 2.31. The molecule has 1 amide bonds. The Kier molecular flexibility index (Phi) is 6.15. The highest BCUT2D eigenvalue weighted by molar-refractivity contribution is 5.95. The number of hydrogen-bond donors (Lipinski definition) is 3. The van der Waals surface area contributed by atoms with Gasteiger partial charge in [0.25, 0.3) is 5.91 Å². The number of nitrogens with zero attached hydrogens (tertiary/aromatic N) is 3. The molecule has 33 heavy (non-hydrogen) atoms. The van der Waals surface area contributed by atoms with Gasteiger partial charge in [-0.05, 0) is 25.1 Å². The van der Waals surface area contributed by atoms with Gasteiger partial charge in [0.15, 0.2) is 17.5 Å². The van der Waals surface area contributed by atoms with Crippen LogP contribution in [0.3, 0.4) is 0 Å². The first-order valence-corrected chi connectivity index (χ1v) is 9.92. The number of pyridine rings is 2. The van der Waals surface area contributed by atoms with E-state index in [9.17, 15) is 31.1 Å². The number of fused-ring (bicyclic) bond motifs is 1. The third-order valence-corrected chi connectivity index (χ3v) is 5.12. The minimum atomic E-state index is -4.56. The predicted molar refractivity (Wildman–Crippen MR) is 107 cm³/mol. The SMILES string of the molecule is O=C(NCC(F)(F)F)c1ccn2c(-c3nc(N[C@@H]4CNCC[C@H]4F)c(F)cc3F)cnc2c1. The Labute approximate surface area is 183 Å². The van der Waals surface area contributed by atoms with Crippen molar-refractivity contribution in [3.63, 3.8) is 0 Å². The van der Waals surface area contributed by atoms with E-state index in [0.29, 0.717) is 12.6 Å². The van der Waals surface area contributed by atoms with Crippen molar-refractivity contribution in [1.29, 1.82) is 0 Å². The summed E-state index contributed by atoms with van der Waals surface area (Å²) < 4.78 is 81.3. The van der Waals surface area contributed by atoms with Crippen LogP contribution in [-0.2, 0) is 0 Å². The number of piperidine rings is 1. The van der Waals surface area contributed by atoms with Crippen LogP contribution in [0.25, 0.3) is 17.0 Å². The van der Waals surface area contributed by atoms with Crippen molar-refractivity contribution in [2.75, 3.05) is 25.0 Å². The normalized spacial score (nSPS) is 19.0. The van der Waals surface area contributed by atoms with Gasteiger partial charge in [0, 0.05) is 24.4 Å². The van der Waals surface area contributed by atoms with Crippen LogP contribution in [0.2, 0.25) is 0 Å². The van der Waals surface area contributed by atoms with Crippen molar-refractivity contribution in [1.82, 2.24) is 25.0 Å². The molecule has 0 radical (unpaired) electrons. The summed E-state index contributed by atoms with van der Waals surface area (Å²) in [6.07, 6.45) is -3.04. The number of alkyl halides is 4. The average Bonchev–Trinajstić information content (AvgIpc) is 3.18. The molecule has 4 heterocycles. The fourth-order valence-corrected chi connectivity index (χ4v) is 3.47. The second kappa shape index (κ2) is 8.89. The highest BCUT2D eigenvalue weighted by atomic mass is 19.4. The van der Waals surface area contributed by atoms with Gasteiger partial charge in [-0.3, -0.25) is 9.20 Å². The zero-order valence-electron chi connectivity index (χ0n) is 16.9. The molecule has 1 aliphatic rings. The molecule has 1 aliphatic heterocycles. The molecule has 3 N–H and O–H groups in total. The van der Waals surface area contributed by atoms with Gasteiger partial charge in [0.05, 0.1) is 17.9 Å². The van der Waals surface area contributed by atoms with Gasteiger partial charge in [-0.2, -0.15) is 13.2 Å². The molecule has 3 aromatic heterocycles. The van der Waals surface area contributed by atoms with Gasteiger partial charge < -0.3 is 16.0 Å². The van der Waals surface area contributed by atoms with Crippen molar-refractivity contribution in [3.05, 3.63) is 47.8 Å². The summed E-state index contributed by atoms with van der Waals surface area (Å²) >= 11 is 0. The molecule has 13 heteroatoms. The van der Waals surface area contributed by atoms with E-state index in [-0.39, 0.29) is 41.4 Å². The van der Waals surface area contributed by atoms with Crippen LogP contribution in [0.15, 0.2) is 30.6 Å². The topological polar surface area (TPSA) is 83.4 Å². The number of rotatable bonds is 5. The third kappa shape index (κ3) is 5.02. The lowest BCUT2D eigenvalue weighted by Crippen LogP contribution is -2.46. The van der Waals surface area contributed by atoms with Crippen LogP contribution in [0.5, 0.6) is 0 Å². The van der Waals surface area contributed by atoms with Gasteiger partial charge in [-0.1, -0.05) is 0 Å². The van der Waals surface area contributed by atoms with E-state index >= 15 is 0 Å². The zero-order chi connectivity index (χ0) is 23.8. The molecule has 0 aliphatic carbocycles. The van der Waals surface area contributed by atoms with Gasteiger partial charge in [-0.25, -0.2) is 23.1 Å². The van der Waals surface area contributed by atoms with Crippen LogP contribution in [0, 0.1) is 11.6 Å². The number of hydrogen-bond acceptors (Lipinski definition) is 5. The van der Waals surface area contributed by atoms with Gasteiger partial charge in [0.2, 0.25) is 0 Å². The van der Waals surface area contributed by atoms with Gasteiger partial charge in [-0.15, -0.1) is 0 Å². The second-order valence-electron chi connectivity index (χ2n) is 7.49. The molecule has 2 atom stereocenters. The van der Waals surface area contributed by atoms with E-state index in [1.165, 1.54) is 28.9 Å². The summed E-state index contributed by atoms with van der Waals surface area (Å²) in [5, 5.41) is 7.39. The third-order valence-electron chi connectivity index (χ3n) is 5.12. The molecule has 0 bridgehead atoms. The molecular weight excluding hydrogens is 454 g/mol. The fourth-order valence-electron chi connectivity index (χ4n) is 3.47. The van der Waals surface area contributed by atoms with Crippen molar-refractivity contribution < 1.29 is 31.1 Å². The van der Waals surface area contributed by atoms with Crippen molar-refractivity contribution in [2.45, 2.75) is 24.8 Å². The van der Waals surface area contributed by atoms with Crippen LogP contribution in [0.1, 0.15) is 16.8 Å². The van der Waals surface area contributed by atoms with E-state index in [1.807, 2.05) is 0 Å². The number of imidazole rings is 1. The van der Waals surface area contributed by atoms with Crippen molar-refractivity contribution in [2.24, 2.45) is 0 Å². The van der Waals surface area contributed by atoms with E-state index in [1.54, 1.807) is 5.32 Å². The Morgan fingerprint density at radius 2 is 2.03 bits per heavy atom. The molecule has 0 saturated carbocycles. The Hall–Kier alpha value is -3.35. The Morgan fingerprint density at radius 1 is 1.24 bits per heavy atom. The molecule has 7 nitrogen and oxygen atoms in total. The monoisotopic (exact) mass is 472 g/mol. The summed E-state index contributed by atoms with van der Waals surface area (Å²) in [5.41, 5.74) is -0.131. The molecule has 0 unspecified atom stereocenters. The van der Waals surface area contributed by atoms with Crippen LogP contribution < -0.4 is 16.0 Å². The molecule has 1 saturated heterocycles. The number of carbonyl (C=O) groups excluding carboxylic acids is 1. The molecule has 176 valence electrons. The van der Waals surface area contributed by atoms with Crippen LogP contribution in [-0.4, -0.2) is 58.3 Å². The zero-order valence-corrected chi connectivity index (χ0v) is 16.9. The summed E-state index contributed by atoms with van der Waals surface area (Å²) in [4.78, 5) is 20.0. The number of halogens is 6. The van der Waals surface area contributed by atoms with E-state index in [4.69, 9.17) is 0 Å². The van der Waals surface area contributed by atoms with E-state index in [2.05, 4.69) is 20.6 Å². The number of carbonyl (C=O) groups is 1. The van der Waals surface area contributed by atoms with Crippen LogP contribution >= 0.6 is 0 Å². The first-order chi connectivity index (χ1) is 15.6. The summed E-state index contributed by atoms with van der Waals surface area (Å²) in [6.45, 7) is -0.765. The molecule has 3 aromatic rings. The maximum atomic E-state index is 14.6. The van der Waals surface area contributed by atoms with E-state index < -0.39 is 42.5 Å². The molecule has 1 fully saturated rings. The predicted octanol–water partition coefficient (Wildman–Crippen LogP) is 3.08. The maximum Gasteiger partial charge on any atom is 0.405 e. The number of nitrogens with one attached hydrogen (secondary N) is 3. The minimum Gasteiger partial charge on any atom is -0.361 e. The second-order valence-corrected chi connectivity index (χ2v) is 7.49. The number of amides is 1. The highest BCUT2D eigenvalue weighted by Gasteiger charge is 2.28. The Morgan fingerprint density at radius 3 is 2.76 bits per heavy atom. The van der Waals surface area contributed by atoms with Gasteiger partial charge >= 0.3 is 6.18 Å². The maximum absolute atomic E-state index is 14.6. The Bertz CT molecular complexity index is 1180. The highest BCUT2D eigenvalue weighted by Crippen LogP contribution is 2.27. The lowest BCUT2D eigenvalue weighted by Gasteiger charge is -2.28. The largest absolute Gasteiger partial charge is 0.405 e. The first-order valence-electron chi connectivity index (χ1n) is 9.92. The van der Waals surface area contributed by atoms with Gasteiger partial charge in [0.1, 0.15) is 24.1 Å². The number of anilines is 1. The van der Waals surface area contributed by atoms with Crippen LogP contribution in [0.4, 0.5) is 32.2 Å². The Balaban J connectivity index is 1.62. The summed E-state index contributed by atoms with van der Waals surface area (Å²) in [7, 11) is 0. The lowest BCUT2D eigenvalue weighted by molar-refractivity contribution is -0.123. The molecular formula is C20H18F6N6O. The van der Waals surface area contributed by atoms with Crippen molar-refractivity contribution >= 4 is 17.4 Å². The molecule has 4 rings (SSSR count). The standard InChI is InChI=1S/C20H18F6N6O/c21-11-1-3-27-7-14(11)30-18-13(23)6-12(22)17(31-18)15-8-28-16-5-10(2-4-32(15)16)19(33)29-9-20(24,25)26/h2,4-6,8,11,14,27H,1,3,7,9H2,(H,29,33)(H,30,31)/t11-,14-/m1/s1. The lowest BCUT2D eigenvalue weighted by atomic mass is 10.1. The quantitative estimate of drug-likeness (QED) is 0.498. The average molecular weight is 472 g/mol. The number of aromatic nitrogens is 3. The first kappa shape index (κ1) is 22.8. The summed E-state index contributed by atoms with van der Waals surface area (Å²) in [5.74, 6) is -3.28. The van der Waals surface area contributed by atoms with E-state index in [0.717, 1.165) is 0 Å².